The van der Waals surface area contributed by atoms with Crippen LogP contribution >= 0.6 is 15.9 Å². The van der Waals surface area contributed by atoms with Crippen LogP contribution in [0.1, 0.15) is 39.7 Å². The highest BCUT2D eigenvalue weighted by Crippen LogP contribution is 2.29. The number of rotatable bonds is 8. The highest BCUT2D eigenvalue weighted by molar-refractivity contribution is 9.10. The molecule has 2 nitrogen and oxygen atoms in total. The SMILES string of the molecule is CCN(CC)C(C)(CC)C(Cc1cccc(F)c1Br)NC. The quantitative estimate of drug-likeness (QED) is 0.747. The third-order valence-corrected chi connectivity index (χ3v) is 5.64. The predicted octanol–water partition coefficient (Wildman–Crippen LogP) is 4.23. The summed E-state index contributed by atoms with van der Waals surface area (Å²) in [4.78, 5) is 2.49. The summed E-state index contributed by atoms with van der Waals surface area (Å²) in [5.41, 5.74) is 1.06. The molecule has 0 aliphatic rings. The lowest BCUT2D eigenvalue weighted by Crippen LogP contribution is -2.59. The average Bonchev–Trinajstić information content (AvgIpc) is 2.49. The third kappa shape index (κ3) is 4.05. The Bertz CT molecular complexity index is 448. The molecule has 1 aromatic rings. The Morgan fingerprint density at radius 2 is 1.90 bits per heavy atom. The van der Waals surface area contributed by atoms with Gasteiger partial charge in [-0.25, -0.2) is 4.39 Å². The van der Waals surface area contributed by atoms with Crippen molar-refractivity contribution in [3.63, 3.8) is 0 Å². The Hall–Kier alpha value is -0.450. The van der Waals surface area contributed by atoms with Crippen LogP contribution in [0, 0.1) is 5.82 Å². The zero-order chi connectivity index (χ0) is 16.0. The Kier molecular flexibility index (Phi) is 7.31. The predicted molar refractivity (Wildman–Crippen MR) is 92.3 cm³/mol. The fraction of sp³-hybridized carbons (Fsp3) is 0.647. The minimum absolute atomic E-state index is 0.0456. The van der Waals surface area contributed by atoms with Crippen molar-refractivity contribution < 1.29 is 4.39 Å². The summed E-state index contributed by atoms with van der Waals surface area (Å²) < 4.78 is 14.3. The van der Waals surface area contributed by atoms with Gasteiger partial charge in [-0.15, -0.1) is 0 Å². The second-order valence-electron chi connectivity index (χ2n) is 5.64. The van der Waals surface area contributed by atoms with E-state index in [0.29, 0.717) is 4.47 Å². The summed E-state index contributed by atoms with van der Waals surface area (Å²) in [6.45, 7) is 11.0. The van der Waals surface area contributed by atoms with Crippen LogP contribution < -0.4 is 5.32 Å². The maximum atomic E-state index is 13.7. The zero-order valence-electron chi connectivity index (χ0n) is 13.8. The Morgan fingerprint density at radius 1 is 1.29 bits per heavy atom. The molecule has 4 heteroatoms. The van der Waals surface area contributed by atoms with Crippen LogP contribution in [0.5, 0.6) is 0 Å². The van der Waals surface area contributed by atoms with E-state index in [0.717, 1.165) is 31.5 Å². The second-order valence-corrected chi connectivity index (χ2v) is 6.43. The molecule has 0 aliphatic carbocycles. The van der Waals surface area contributed by atoms with Crippen LogP contribution in [0.25, 0.3) is 0 Å². The van der Waals surface area contributed by atoms with Crippen molar-refractivity contribution in [2.24, 2.45) is 0 Å². The van der Waals surface area contributed by atoms with E-state index in [1.165, 1.54) is 6.07 Å². The number of nitrogens with one attached hydrogen (secondary N) is 1. The smallest absolute Gasteiger partial charge is 0.137 e. The number of hydrogen-bond donors (Lipinski definition) is 1. The molecule has 1 rings (SSSR count). The molecule has 0 amide bonds. The summed E-state index contributed by atoms with van der Waals surface area (Å²) in [5, 5.41) is 3.45. The van der Waals surface area contributed by atoms with Crippen LogP contribution in [0.15, 0.2) is 22.7 Å². The molecule has 0 saturated carbocycles. The minimum Gasteiger partial charge on any atom is -0.315 e. The fourth-order valence-electron chi connectivity index (χ4n) is 3.20. The third-order valence-electron chi connectivity index (χ3n) is 4.76. The van der Waals surface area contributed by atoms with Gasteiger partial charge in [0, 0.05) is 11.6 Å². The van der Waals surface area contributed by atoms with Gasteiger partial charge in [0.15, 0.2) is 0 Å². The maximum Gasteiger partial charge on any atom is 0.137 e. The molecule has 0 heterocycles. The molecule has 1 aromatic carbocycles. The standard InChI is InChI=1S/C17H28BrFN2/c1-6-17(4,21(7-2)8-3)15(20-5)12-13-10-9-11-14(19)16(13)18/h9-11,15,20H,6-8,12H2,1-5H3. The molecular formula is C17H28BrFN2. The number of halogens is 2. The number of nitrogens with zero attached hydrogens (tertiary/aromatic N) is 1. The van der Waals surface area contributed by atoms with Crippen LogP contribution in [-0.2, 0) is 6.42 Å². The summed E-state index contributed by atoms with van der Waals surface area (Å²) in [5.74, 6) is -0.191. The summed E-state index contributed by atoms with van der Waals surface area (Å²) >= 11 is 3.38. The van der Waals surface area contributed by atoms with Crippen LogP contribution in [0.2, 0.25) is 0 Å². The van der Waals surface area contributed by atoms with E-state index in [2.05, 4.69) is 53.8 Å². The lowest BCUT2D eigenvalue weighted by molar-refractivity contribution is 0.0729. The van der Waals surface area contributed by atoms with Crippen molar-refractivity contribution in [1.82, 2.24) is 10.2 Å². The molecule has 2 unspecified atom stereocenters. The van der Waals surface area contributed by atoms with E-state index >= 15 is 0 Å². The molecule has 0 aliphatic heterocycles. The molecule has 120 valence electrons. The molecule has 0 bridgehead atoms. The van der Waals surface area contributed by atoms with Gasteiger partial charge in [-0.2, -0.15) is 0 Å². The van der Waals surface area contributed by atoms with Crippen LogP contribution in [0.3, 0.4) is 0 Å². The number of benzene rings is 1. The van der Waals surface area contributed by atoms with Crippen molar-refractivity contribution in [2.45, 2.75) is 52.1 Å². The van der Waals surface area contributed by atoms with Gasteiger partial charge < -0.3 is 5.32 Å². The lowest BCUT2D eigenvalue weighted by atomic mass is 9.83. The van der Waals surface area contributed by atoms with Crippen LogP contribution in [0.4, 0.5) is 4.39 Å². The largest absolute Gasteiger partial charge is 0.315 e. The Balaban J connectivity index is 3.08. The van der Waals surface area contributed by atoms with Gasteiger partial charge in [0.1, 0.15) is 5.82 Å². The lowest BCUT2D eigenvalue weighted by Gasteiger charge is -2.46. The minimum atomic E-state index is -0.191. The van der Waals surface area contributed by atoms with Crippen molar-refractivity contribution in [3.05, 3.63) is 34.1 Å². The van der Waals surface area contributed by atoms with E-state index in [9.17, 15) is 4.39 Å². The van der Waals surface area contributed by atoms with E-state index < -0.39 is 0 Å². The molecule has 21 heavy (non-hydrogen) atoms. The molecule has 2 atom stereocenters. The van der Waals surface area contributed by atoms with Gasteiger partial charge in [-0.1, -0.05) is 32.9 Å². The van der Waals surface area contributed by atoms with Crippen molar-refractivity contribution >= 4 is 15.9 Å². The number of hydrogen-bond acceptors (Lipinski definition) is 2. The van der Waals surface area contributed by atoms with Gasteiger partial charge in [-0.3, -0.25) is 4.90 Å². The first kappa shape index (κ1) is 18.6. The van der Waals surface area contributed by atoms with E-state index in [4.69, 9.17) is 0 Å². The fourth-order valence-corrected chi connectivity index (χ4v) is 3.62. The first-order chi connectivity index (χ1) is 9.94. The average molecular weight is 359 g/mol. The zero-order valence-corrected chi connectivity index (χ0v) is 15.4. The van der Waals surface area contributed by atoms with Gasteiger partial charge in [0.25, 0.3) is 0 Å². The summed E-state index contributed by atoms with van der Waals surface area (Å²) in [7, 11) is 2.00. The molecule has 0 fully saturated rings. The summed E-state index contributed by atoms with van der Waals surface area (Å²) in [6.07, 6.45) is 1.85. The molecule has 0 aromatic heterocycles. The molecular weight excluding hydrogens is 331 g/mol. The molecule has 0 radical (unpaired) electrons. The molecule has 1 N–H and O–H groups in total. The Morgan fingerprint density at radius 3 is 2.38 bits per heavy atom. The van der Waals surface area contributed by atoms with Crippen molar-refractivity contribution in [3.8, 4) is 0 Å². The molecule has 0 spiro atoms. The summed E-state index contributed by atoms with van der Waals surface area (Å²) in [6, 6.07) is 5.53. The first-order valence-corrected chi connectivity index (χ1v) is 8.59. The van der Waals surface area contributed by atoms with Crippen LogP contribution in [-0.4, -0.2) is 36.6 Å². The second kappa shape index (κ2) is 8.25. The maximum absolute atomic E-state index is 13.7. The number of likely N-dealkylation sites (N-methyl/N-ethyl adjacent to an activating group) is 2. The van der Waals surface area contributed by atoms with Gasteiger partial charge >= 0.3 is 0 Å². The van der Waals surface area contributed by atoms with Crippen molar-refractivity contribution in [1.29, 1.82) is 0 Å². The van der Waals surface area contributed by atoms with Crippen molar-refractivity contribution in [2.75, 3.05) is 20.1 Å². The van der Waals surface area contributed by atoms with Gasteiger partial charge in [0.05, 0.1) is 4.47 Å². The highest BCUT2D eigenvalue weighted by atomic mass is 79.9. The Labute approximate surface area is 137 Å². The topological polar surface area (TPSA) is 15.3 Å². The van der Waals surface area contributed by atoms with E-state index in [-0.39, 0.29) is 17.4 Å². The highest BCUT2D eigenvalue weighted by Gasteiger charge is 2.36. The van der Waals surface area contributed by atoms with E-state index in [1.807, 2.05) is 13.1 Å². The first-order valence-electron chi connectivity index (χ1n) is 7.79. The van der Waals surface area contributed by atoms with Gasteiger partial charge in [-0.05, 0) is 67.5 Å². The normalized spacial score (nSPS) is 16.0. The van der Waals surface area contributed by atoms with Gasteiger partial charge in [0.2, 0.25) is 0 Å². The molecule has 0 saturated heterocycles. The monoisotopic (exact) mass is 358 g/mol. The van der Waals surface area contributed by atoms with E-state index in [1.54, 1.807) is 6.07 Å².